The monoisotopic (exact) mass is 556 g/mol. The van der Waals surface area contributed by atoms with Gasteiger partial charge in [-0.1, -0.05) is 46.8 Å². The lowest BCUT2D eigenvalue weighted by molar-refractivity contribution is -0.142. The Morgan fingerprint density at radius 3 is 2.39 bits per heavy atom. The van der Waals surface area contributed by atoms with Crippen molar-refractivity contribution >= 4 is 35.2 Å². The maximum atomic E-state index is 14.0. The zero-order valence-electron chi connectivity index (χ0n) is 23.1. The summed E-state index contributed by atoms with van der Waals surface area (Å²) in [5.41, 5.74) is -0.581. The molecule has 0 bridgehead atoms. The average molecular weight is 557 g/mol. The van der Waals surface area contributed by atoms with E-state index in [9.17, 15) is 27.9 Å². The van der Waals surface area contributed by atoms with E-state index in [1.54, 1.807) is 19.2 Å². The normalized spacial score (nSPS) is 19.8. The van der Waals surface area contributed by atoms with Gasteiger partial charge in [0.05, 0.1) is 23.4 Å². The Kier molecular flexibility index (Phi) is 10.6. The van der Waals surface area contributed by atoms with E-state index in [0.717, 1.165) is 6.07 Å². The number of hydrogen-bond acceptors (Lipinski definition) is 6. The van der Waals surface area contributed by atoms with Crippen molar-refractivity contribution in [3.05, 3.63) is 40.6 Å². The first-order valence-electron chi connectivity index (χ1n) is 12.5. The molecule has 3 N–H and O–H groups in total. The highest BCUT2D eigenvalue weighted by Crippen LogP contribution is 2.37. The molecule has 38 heavy (non-hydrogen) atoms. The smallest absolute Gasteiger partial charge is 0.391 e. The fourth-order valence-electron chi connectivity index (χ4n) is 4.48. The highest BCUT2D eigenvalue weighted by Gasteiger charge is 2.44. The Bertz CT molecular complexity index is 1070. The SMILES string of the molecule is C=N/C(C)=C(\SC)c1ccc(CNC(=O)[C@@H]2C[C@@H](O)CN2C(=O)[C@@H](NC(C)C)C(C)(C)C)c(C(F)(F)F)c1. The van der Waals surface area contributed by atoms with Crippen molar-refractivity contribution in [2.24, 2.45) is 10.4 Å². The van der Waals surface area contributed by atoms with Crippen molar-refractivity contribution in [1.82, 2.24) is 15.5 Å². The molecule has 0 radical (unpaired) electrons. The molecule has 1 aliphatic rings. The number of allylic oxidation sites excluding steroid dienone is 1. The molecule has 212 valence electrons. The van der Waals surface area contributed by atoms with Crippen molar-refractivity contribution in [2.45, 2.75) is 84.9 Å². The number of thioether (sulfide) groups is 1. The van der Waals surface area contributed by atoms with Crippen molar-refractivity contribution < 1.29 is 27.9 Å². The summed E-state index contributed by atoms with van der Waals surface area (Å²) in [6.07, 6.45) is -3.80. The van der Waals surface area contributed by atoms with Gasteiger partial charge in [0, 0.05) is 30.5 Å². The van der Waals surface area contributed by atoms with Gasteiger partial charge in [-0.25, -0.2) is 0 Å². The first-order chi connectivity index (χ1) is 17.5. The number of carbonyl (C=O) groups excluding carboxylic acids is 2. The Hall–Kier alpha value is -2.37. The van der Waals surface area contributed by atoms with Gasteiger partial charge >= 0.3 is 6.18 Å². The number of benzene rings is 1. The average Bonchev–Trinajstić information content (AvgIpc) is 3.21. The van der Waals surface area contributed by atoms with E-state index in [1.165, 1.54) is 22.7 Å². The second-order valence-corrected chi connectivity index (χ2v) is 11.7. The number of nitrogens with zero attached hydrogens (tertiary/aromatic N) is 2. The number of hydrogen-bond donors (Lipinski definition) is 3. The minimum Gasteiger partial charge on any atom is -0.391 e. The lowest BCUT2D eigenvalue weighted by atomic mass is 9.85. The van der Waals surface area contributed by atoms with E-state index in [4.69, 9.17) is 0 Å². The number of nitrogens with one attached hydrogen (secondary N) is 2. The number of β-amino-alcohol motifs (C(OH)–C–C–N with tert-alkyl or cyclic N) is 1. The van der Waals surface area contributed by atoms with Gasteiger partial charge in [-0.3, -0.25) is 14.6 Å². The number of halogens is 3. The zero-order valence-corrected chi connectivity index (χ0v) is 23.9. The molecule has 1 aliphatic heterocycles. The Balaban J connectivity index is 2.31. The number of aliphatic imine (C=N–C) groups is 1. The number of aliphatic hydroxyl groups excluding tert-OH is 1. The van der Waals surface area contributed by atoms with Crippen molar-refractivity contribution in [3.8, 4) is 0 Å². The molecule has 1 saturated heterocycles. The molecule has 1 fully saturated rings. The van der Waals surface area contributed by atoms with Crippen LogP contribution in [0.15, 0.2) is 28.9 Å². The summed E-state index contributed by atoms with van der Waals surface area (Å²) in [5, 5.41) is 16.1. The van der Waals surface area contributed by atoms with Crippen LogP contribution in [0, 0.1) is 5.41 Å². The Labute approximate surface area is 227 Å². The summed E-state index contributed by atoms with van der Waals surface area (Å²) in [5.74, 6) is -0.938. The number of amides is 2. The van der Waals surface area contributed by atoms with E-state index in [2.05, 4.69) is 22.3 Å². The molecule has 0 saturated carbocycles. The highest BCUT2D eigenvalue weighted by molar-refractivity contribution is 8.07. The van der Waals surface area contributed by atoms with Gasteiger partial charge in [-0.2, -0.15) is 13.2 Å². The lowest BCUT2D eigenvalue weighted by Gasteiger charge is -2.36. The molecule has 11 heteroatoms. The van der Waals surface area contributed by atoms with Gasteiger partial charge < -0.3 is 20.6 Å². The van der Waals surface area contributed by atoms with E-state index in [0.29, 0.717) is 16.2 Å². The minimum atomic E-state index is -4.65. The maximum absolute atomic E-state index is 14.0. The molecule has 0 aromatic heterocycles. The van der Waals surface area contributed by atoms with Crippen molar-refractivity contribution in [3.63, 3.8) is 0 Å². The van der Waals surface area contributed by atoms with E-state index >= 15 is 0 Å². The van der Waals surface area contributed by atoms with Gasteiger partial charge in [0.25, 0.3) is 0 Å². The molecule has 1 aromatic rings. The van der Waals surface area contributed by atoms with Gasteiger partial charge in [0.15, 0.2) is 0 Å². The van der Waals surface area contributed by atoms with Crippen LogP contribution in [0.3, 0.4) is 0 Å². The van der Waals surface area contributed by atoms with Crippen LogP contribution in [0.4, 0.5) is 13.2 Å². The predicted molar refractivity (Wildman–Crippen MR) is 147 cm³/mol. The van der Waals surface area contributed by atoms with Crippen LogP contribution in [-0.2, 0) is 22.3 Å². The van der Waals surface area contributed by atoms with Crippen LogP contribution in [0.1, 0.15) is 64.7 Å². The first kappa shape index (κ1) is 31.8. The molecule has 0 aliphatic carbocycles. The molecule has 0 unspecified atom stereocenters. The van der Waals surface area contributed by atoms with Gasteiger partial charge in [0.1, 0.15) is 6.04 Å². The summed E-state index contributed by atoms with van der Waals surface area (Å²) in [6, 6.07) is 2.33. The number of carbonyl (C=O) groups is 2. The number of alkyl halides is 3. The summed E-state index contributed by atoms with van der Waals surface area (Å²) in [4.78, 5) is 32.3. The maximum Gasteiger partial charge on any atom is 0.416 e. The zero-order chi connectivity index (χ0) is 29.0. The molecule has 2 rings (SSSR count). The topological polar surface area (TPSA) is 94.0 Å². The Morgan fingerprint density at radius 1 is 1.26 bits per heavy atom. The first-order valence-corrected chi connectivity index (χ1v) is 13.7. The molecule has 7 nitrogen and oxygen atoms in total. The predicted octanol–water partition coefficient (Wildman–Crippen LogP) is 4.45. The minimum absolute atomic E-state index is 0.000688. The second kappa shape index (κ2) is 12.7. The molecule has 0 spiro atoms. The van der Waals surface area contributed by atoms with Crippen molar-refractivity contribution in [1.29, 1.82) is 0 Å². The summed E-state index contributed by atoms with van der Waals surface area (Å²) >= 11 is 1.27. The molecule has 1 heterocycles. The summed E-state index contributed by atoms with van der Waals surface area (Å²) in [7, 11) is 0. The molecule has 3 atom stereocenters. The third-order valence-electron chi connectivity index (χ3n) is 6.38. The number of rotatable bonds is 9. The lowest BCUT2D eigenvalue weighted by Crippen LogP contribution is -2.57. The second-order valence-electron chi connectivity index (χ2n) is 10.9. The highest BCUT2D eigenvalue weighted by atomic mass is 32.2. The van der Waals surface area contributed by atoms with Crippen LogP contribution < -0.4 is 10.6 Å². The van der Waals surface area contributed by atoms with Crippen LogP contribution in [-0.4, -0.2) is 65.6 Å². The van der Waals surface area contributed by atoms with Crippen molar-refractivity contribution in [2.75, 3.05) is 12.8 Å². The number of likely N-dealkylation sites (tertiary alicyclic amines) is 1. The standard InChI is InChI=1S/C27H39F3N4O3S/c1-15(2)33-23(26(4,5)6)25(37)34-14-19(35)12-21(34)24(36)32-13-18-10-9-17(11-20(18)27(28,29)30)22(38-8)16(3)31-7/h9-11,15,19,21,23,33,35H,7,12-14H2,1-6,8H3,(H,32,36)/b22-16-/t19-,21+,23-/m1/s1. The van der Waals surface area contributed by atoms with E-state index in [1.807, 2.05) is 34.6 Å². The van der Waals surface area contributed by atoms with E-state index in [-0.39, 0.29) is 37.0 Å². The Morgan fingerprint density at radius 2 is 1.89 bits per heavy atom. The van der Waals surface area contributed by atoms with Crippen LogP contribution in [0.2, 0.25) is 0 Å². The van der Waals surface area contributed by atoms with Crippen LogP contribution in [0.25, 0.3) is 4.91 Å². The fraction of sp³-hybridized carbons (Fsp3) is 0.593. The van der Waals surface area contributed by atoms with E-state index < -0.39 is 41.2 Å². The van der Waals surface area contributed by atoms with Gasteiger partial charge in [0.2, 0.25) is 11.8 Å². The quantitative estimate of drug-likeness (QED) is 0.391. The van der Waals surface area contributed by atoms with Gasteiger partial charge in [-0.05, 0) is 42.5 Å². The van der Waals surface area contributed by atoms with Gasteiger partial charge in [-0.15, -0.1) is 11.8 Å². The third-order valence-corrected chi connectivity index (χ3v) is 7.32. The van der Waals surface area contributed by atoms with Crippen LogP contribution in [0.5, 0.6) is 0 Å². The molecular weight excluding hydrogens is 517 g/mol. The third kappa shape index (κ3) is 7.83. The molecule has 1 aromatic carbocycles. The summed E-state index contributed by atoms with van der Waals surface area (Å²) < 4.78 is 41.9. The largest absolute Gasteiger partial charge is 0.416 e. The number of aliphatic hydroxyl groups is 1. The molecule has 2 amide bonds. The molecular formula is C27H39F3N4O3S. The van der Waals surface area contributed by atoms with Crippen LogP contribution >= 0.6 is 11.8 Å². The summed E-state index contributed by atoms with van der Waals surface area (Å²) in [6.45, 7) is 14.2. The fourth-order valence-corrected chi connectivity index (χ4v) is 5.20.